The number of aromatic carboxylic acids is 1. The van der Waals surface area contributed by atoms with Crippen LogP contribution in [0.5, 0.6) is 5.88 Å². The second-order valence-corrected chi connectivity index (χ2v) is 9.88. The molecule has 5 aromatic rings. The lowest BCUT2D eigenvalue weighted by Gasteiger charge is -2.12. The first-order chi connectivity index (χ1) is 22.7. The van der Waals surface area contributed by atoms with Crippen LogP contribution in [0.15, 0.2) is 58.1 Å². The van der Waals surface area contributed by atoms with Crippen LogP contribution < -0.4 is 38.7 Å². The van der Waals surface area contributed by atoms with Crippen molar-refractivity contribution in [2.24, 2.45) is 11.5 Å². The number of carboxylic acids is 1. The van der Waals surface area contributed by atoms with E-state index < -0.39 is 58.0 Å². The van der Waals surface area contributed by atoms with E-state index in [2.05, 4.69) is 30.7 Å². The average Bonchev–Trinajstić information content (AvgIpc) is 3.47. The van der Waals surface area contributed by atoms with Crippen LogP contribution in [0.25, 0.3) is 5.65 Å². The van der Waals surface area contributed by atoms with Crippen LogP contribution in [0.4, 0.5) is 15.8 Å². The Morgan fingerprint density at radius 2 is 1.71 bits per heavy atom. The van der Waals surface area contributed by atoms with Crippen LogP contribution >= 0.6 is 0 Å². The zero-order valence-electron chi connectivity index (χ0n) is 24.8. The highest BCUT2D eigenvalue weighted by Gasteiger charge is 2.21. The fourth-order valence-electron chi connectivity index (χ4n) is 4.16. The highest BCUT2D eigenvalue weighted by molar-refractivity contribution is 5.96. The molecule has 0 aliphatic carbocycles. The Bertz CT molecular complexity index is 2120. The summed E-state index contributed by atoms with van der Waals surface area (Å²) in [5, 5.41) is 30.9. The molecular formula is C30H30FN9O9. The number of ether oxygens (including phenoxy) is 1. The summed E-state index contributed by atoms with van der Waals surface area (Å²) >= 11 is 0. The van der Waals surface area contributed by atoms with E-state index in [0.717, 1.165) is 16.6 Å². The summed E-state index contributed by atoms with van der Waals surface area (Å²) in [5.41, 5.74) is 14.6. The second-order valence-electron chi connectivity index (χ2n) is 9.88. The number of carbonyl (C=O) groups excluding carboxylic acids is 3. The van der Waals surface area contributed by atoms with E-state index in [-0.39, 0.29) is 48.8 Å². The number of nitrogens with two attached hydrogens (primary N) is 3. The molecule has 49 heavy (non-hydrogen) atoms. The molecule has 0 aliphatic rings. The minimum atomic E-state index is -1.42. The van der Waals surface area contributed by atoms with Gasteiger partial charge in [0.15, 0.2) is 5.69 Å². The molecule has 0 radical (unpaired) electrons. The van der Waals surface area contributed by atoms with E-state index >= 15 is 0 Å². The third-order valence-corrected chi connectivity index (χ3v) is 6.77. The molecule has 0 bridgehead atoms. The Morgan fingerprint density at radius 1 is 1.04 bits per heavy atom. The molecule has 3 aromatic carbocycles. The minimum Gasteiger partial charge on any atom is -0.489 e. The number of nitrogens with one attached hydrogen (secondary N) is 2. The lowest BCUT2D eigenvalue weighted by molar-refractivity contribution is -0.119. The first-order valence-corrected chi connectivity index (χ1v) is 13.5. The minimum absolute atomic E-state index is 0. The number of esters is 1. The van der Waals surface area contributed by atoms with E-state index in [1.165, 1.54) is 31.4 Å². The standard InChI is InChI=1S/C19H14FN7O6.C10H12N2O3.CH4/c20-9-2-1-7(3-8(9)6-22-13-12(21)14(28)15(13)29)5-23-17(30)10-4-11(19(32)33)27-16(24-10)18(31)25-26-27;1-15-10(14)7-4-2-6(3-5-7)8(11)9(12)13;/h1-4,22,31H,5-6,21H2,(H,23,30)(H,32,33);2-5,8H,11H2,1H3,(H2,12,13);1H4/t;8-;/m.1./s1. The molecule has 18 nitrogen and oxygen atoms in total. The molecule has 1 atom stereocenters. The van der Waals surface area contributed by atoms with Crippen LogP contribution in [0, 0.1) is 5.82 Å². The molecule has 19 heteroatoms. The number of carboxylic acid groups (broad SMARTS) is 1. The third-order valence-electron chi connectivity index (χ3n) is 6.77. The average molecular weight is 680 g/mol. The number of amides is 2. The number of hydrogen-bond acceptors (Lipinski definition) is 14. The van der Waals surface area contributed by atoms with Gasteiger partial charge in [0.2, 0.25) is 11.6 Å². The van der Waals surface area contributed by atoms with Crippen molar-refractivity contribution in [2.45, 2.75) is 26.6 Å². The Labute approximate surface area is 275 Å². The molecule has 256 valence electrons. The number of aromatic nitrogens is 4. The van der Waals surface area contributed by atoms with Crippen molar-refractivity contribution in [3.8, 4) is 5.88 Å². The van der Waals surface area contributed by atoms with Gasteiger partial charge in [0.1, 0.15) is 28.9 Å². The summed E-state index contributed by atoms with van der Waals surface area (Å²) in [6, 6.07) is 10.3. The number of nitrogen functional groups attached to an aromatic ring is 1. The monoisotopic (exact) mass is 679 g/mol. The van der Waals surface area contributed by atoms with Crippen LogP contribution in [-0.4, -0.2) is 60.9 Å². The quantitative estimate of drug-likeness (QED) is 0.0754. The van der Waals surface area contributed by atoms with Gasteiger partial charge in [-0.15, -0.1) is 0 Å². The number of carbonyl (C=O) groups is 4. The van der Waals surface area contributed by atoms with Gasteiger partial charge >= 0.3 is 11.9 Å². The Kier molecular flexibility index (Phi) is 11.4. The molecule has 2 aromatic heterocycles. The van der Waals surface area contributed by atoms with E-state index in [9.17, 15) is 43.4 Å². The van der Waals surface area contributed by atoms with Crippen LogP contribution in [-0.2, 0) is 22.6 Å². The molecule has 0 aliphatic heterocycles. The number of rotatable bonds is 10. The smallest absolute Gasteiger partial charge is 0.354 e. The zero-order chi connectivity index (χ0) is 35.3. The van der Waals surface area contributed by atoms with Gasteiger partial charge in [0.05, 0.1) is 12.7 Å². The molecule has 10 N–H and O–H groups in total. The van der Waals surface area contributed by atoms with Crippen molar-refractivity contribution in [3.05, 3.63) is 108 Å². The molecule has 0 saturated heterocycles. The Morgan fingerprint density at radius 3 is 2.31 bits per heavy atom. The van der Waals surface area contributed by atoms with E-state index in [1.807, 2.05) is 0 Å². The van der Waals surface area contributed by atoms with Crippen molar-refractivity contribution in [3.63, 3.8) is 0 Å². The maximum absolute atomic E-state index is 14.1. The van der Waals surface area contributed by atoms with Crippen molar-refractivity contribution in [1.82, 2.24) is 25.1 Å². The fourth-order valence-corrected chi connectivity index (χ4v) is 4.16. The van der Waals surface area contributed by atoms with E-state index in [0.29, 0.717) is 16.7 Å². The van der Waals surface area contributed by atoms with E-state index in [4.69, 9.17) is 17.2 Å². The van der Waals surface area contributed by atoms with Crippen molar-refractivity contribution in [2.75, 3.05) is 18.2 Å². The normalized spacial score (nSPS) is 11.1. The predicted octanol–water partition coefficient (Wildman–Crippen LogP) is -0.0181. The molecule has 5 rings (SSSR count). The number of fused-ring (bicyclic) bond motifs is 1. The number of hydrogen-bond donors (Lipinski definition) is 7. The largest absolute Gasteiger partial charge is 0.489 e. The zero-order valence-corrected chi connectivity index (χ0v) is 24.8. The van der Waals surface area contributed by atoms with Gasteiger partial charge in [0, 0.05) is 24.7 Å². The van der Waals surface area contributed by atoms with Crippen molar-refractivity contribution >= 4 is 40.8 Å². The highest BCUT2D eigenvalue weighted by atomic mass is 19.1. The number of anilines is 2. The van der Waals surface area contributed by atoms with Gasteiger partial charge < -0.3 is 42.8 Å². The summed E-state index contributed by atoms with van der Waals surface area (Å²) in [6.45, 7) is -0.205. The van der Waals surface area contributed by atoms with Gasteiger partial charge in [-0.05, 0) is 35.4 Å². The van der Waals surface area contributed by atoms with Gasteiger partial charge in [-0.1, -0.05) is 35.9 Å². The molecule has 2 amide bonds. The first kappa shape index (κ1) is 36.7. The molecule has 0 fully saturated rings. The Balaban J connectivity index is 0.000000343. The summed E-state index contributed by atoms with van der Waals surface area (Å²) in [7, 11) is 1.30. The van der Waals surface area contributed by atoms with Crippen molar-refractivity contribution in [1.29, 1.82) is 0 Å². The van der Waals surface area contributed by atoms with E-state index in [1.54, 1.807) is 12.1 Å². The number of primary amides is 1. The van der Waals surface area contributed by atoms with Gasteiger partial charge in [-0.3, -0.25) is 19.2 Å². The summed E-state index contributed by atoms with van der Waals surface area (Å²) < 4.78 is 19.4. The SMILES string of the molecule is C.COC(=O)c1ccc([C@@H](N)C(N)=O)cc1.Nc1c(NCc2cc(CNC(=O)c3cc(C(=O)O)n4nnc(O)c4n3)ccc2F)c(=O)c1=O. The molecule has 0 unspecified atom stereocenters. The molecular weight excluding hydrogens is 649 g/mol. The lowest BCUT2D eigenvalue weighted by atomic mass is 10.1. The van der Waals surface area contributed by atoms with Crippen LogP contribution in [0.3, 0.4) is 0 Å². The molecule has 0 saturated carbocycles. The third kappa shape index (κ3) is 7.97. The second kappa shape index (κ2) is 15.2. The van der Waals surface area contributed by atoms with Gasteiger partial charge in [0.25, 0.3) is 22.6 Å². The number of benzene rings is 2. The van der Waals surface area contributed by atoms with Crippen LogP contribution in [0.2, 0.25) is 0 Å². The Hall–Kier alpha value is -6.76. The maximum Gasteiger partial charge on any atom is 0.354 e. The summed E-state index contributed by atoms with van der Waals surface area (Å²) in [4.78, 5) is 72.3. The van der Waals surface area contributed by atoms with Gasteiger partial charge in [-0.25, -0.2) is 19.0 Å². The van der Waals surface area contributed by atoms with Crippen molar-refractivity contribution < 1.29 is 38.5 Å². The maximum atomic E-state index is 14.1. The lowest BCUT2D eigenvalue weighted by Crippen LogP contribution is -2.37. The topological polar surface area (TPSA) is 297 Å². The number of nitrogens with zero attached hydrogens (tertiary/aromatic N) is 4. The highest BCUT2D eigenvalue weighted by Crippen LogP contribution is 2.17. The summed E-state index contributed by atoms with van der Waals surface area (Å²) in [5.74, 6) is -4.46. The number of methoxy groups -OCH3 is 1. The first-order valence-electron chi connectivity index (χ1n) is 13.5. The molecule has 2 heterocycles. The van der Waals surface area contributed by atoms with Gasteiger partial charge in [-0.2, -0.15) is 4.52 Å². The molecule has 0 spiro atoms. The number of halogens is 1. The number of aromatic hydroxyl groups is 1. The van der Waals surface area contributed by atoms with Crippen LogP contribution in [0.1, 0.15) is 61.5 Å². The predicted molar refractivity (Wildman–Crippen MR) is 171 cm³/mol. The fraction of sp³-hybridized carbons (Fsp3) is 0.167. The summed E-state index contributed by atoms with van der Waals surface area (Å²) in [6.07, 6.45) is 0.